The Bertz CT molecular complexity index is 2080. The highest BCUT2D eigenvalue weighted by Crippen LogP contribution is 2.39. The first kappa shape index (κ1) is 19.4. The van der Waals surface area contributed by atoms with Crippen molar-refractivity contribution in [2.75, 3.05) is 0 Å². The van der Waals surface area contributed by atoms with E-state index in [0.29, 0.717) is 0 Å². The van der Waals surface area contributed by atoms with E-state index in [1.54, 1.807) is 0 Å². The Morgan fingerprint density at radius 1 is 0.444 bits per heavy atom. The molecule has 3 aromatic heterocycles. The molecule has 3 heterocycles. The molecule has 0 fully saturated rings. The predicted molar refractivity (Wildman–Crippen MR) is 150 cm³/mol. The van der Waals surface area contributed by atoms with E-state index in [1.165, 1.54) is 38.2 Å². The number of hydrogen-bond donors (Lipinski definition) is 0. The van der Waals surface area contributed by atoms with Crippen LogP contribution in [-0.4, -0.2) is 14.0 Å². The summed E-state index contributed by atoms with van der Waals surface area (Å²) in [5.41, 5.74) is 8.97. The minimum Gasteiger partial charge on any atom is -0.293 e. The SMILES string of the molecule is c1ccc(-c2ccc3c(c2)c2c(nc4c5ccccc5c5ccccc5n42)n3-c2ccccc2)cc1. The summed E-state index contributed by atoms with van der Waals surface area (Å²) in [5.74, 6) is 0. The molecule has 0 aliphatic carbocycles. The van der Waals surface area contributed by atoms with Crippen LogP contribution in [-0.2, 0) is 0 Å². The lowest BCUT2D eigenvalue weighted by Gasteiger charge is -2.10. The number of aromatic nitrogens is 3. The van der Waals surface area contributed by atoms with E-state index in [4.69, 9.17) is 4.98 Å². The van der Waals surface area contributed by atoms with Gasteiger partial charge in [-0.05, 0) is 46.8 Å². The van der Waals surface area contributed by atoms with Gasteiger partial charge in [-0.25, -0.2) is 4.98 Å². The number of pyridine rings is 1. The highest BCUT2D eigenvalue weighted by Gasteiger charge is 2.21. The van der Waals surface area contributed by atoms with E-state index in [2.05, 4.69) is 136 Å². The summed E-state index contributed by atoms with van der Waals surface area (Å²) in [6, 6.07) is 45.2. The molecular formula is C33H21N3. The van der Waals surface area contributed by atoms with Crippen molar-refractivity contribution in [1.29, 1.82) is 0 Å². The predicted octanol–water partition coefficient (Wildman–Crippen LogP) is 8.40. The Kier molecular flexibility index (Phi) is 3.94. The average molecular weight is 460 g/mol. The number of rotatable bonds is 2. The van der Waals surface area contributed by atoms with Gasteiger partial charge in [-0.3, -0.25) is 8.97 Å². The quantitative estimate of drug-likeness (QED) is 0.238. The molecule has 5 aromatic carbocycles. The molecule has 0 aliphatic rings. The molecule has 36 heavy (non-hydrogen) atoms. The van der Waals surface area contributed by atoms with E-state index < -0.39 is 0 Å². The molecule has 0 bridgehead atoms. The summed E-state index contributed by atoms with van der Waals surface area (Å²) >= 11 is 0. The molecule has 3 nitrogen and oxygen atoms in total. The molecule has 8 aromatic rings. The van der Waals surface area contributed by atoms with Crippen LogP contribution in [0.4, 0.5) is 0 Å². The van der Waals surface area contributed by atoms with Gasteiger partial charge in [0.15, 0.2) is 5.65 Å². The monoisotopic (exact) mass is 459 g/mol. The number of nitrogens with zero attached hydrogens (tertiary/aromatic N) is 3. The van der Waals surface area contributed by atoms with Crippen molar-refractivity contribution < 1.29 is 0 Å². The maximum absolute atomic E-state index is 5.34. The van der Waals surface area contributed by atoms with Gasteiger partial charge in [-0.15, -0.1) is 0 Å². The molecule has 0 radical (unpaired) electrons. The second-order valence-electron chi connectivity index (χ2n) is 9.27. The minimum atomic E-state index is 0.975. The first-order chi connectivity index (χ1) is 17.9. The van der Waals surface area contributed by atoms with Gasteiger partial charge < -0.3 is 0 Å². The number of benzene rings is 5. The number of fused-ring (bicyclic) bond motifs is 10. The topological polar surface area (TPSA) is 22.2 Å². The molecular weight excluding hydrogens is 438 g/mol. The van der Waals surface area contributed by atoms with Crippen LogP contribution in [0.3, 0.4) is 0 Å². The minimum absolute atomic E-state index is 0.975. The van der Waals surface area contributed by atoms with Crippen LogP contribution < -0.4 is 0 Å². The van der Waals surface area contributed by atoms with E-state index in [9.17, 15) is 0 Å². The van der Waals surface area contributed by atoms with Crippen molar-refractivity contribution in [2.45, 2.75) is 0 Å². The molecule has 0 saturated carbocycles. The zero-order chi connectivity index (χ0) is 23.6. The fraction of sp³-hybridized carbons (Fsp3) is 0. The zero-order valence-electron chi connectivity index (χ0n) is 19.5. The first-order valence-electron chi connectivity index (χ1n) is 12.3. The van der Waals surface area contributed by atoms with Crippen LogP contribution >= 0.6 is 0 Å². The number of hydrogen-bond acceptors (Lipinski definition) is 1. The van der Waals surface area contributed by atoms with E-state index >= 15 is 0 Å². The van der Waals surface area contributed by atoms with Gasteiger partial charge in [0.25, 0.3) is 0 Å². The molecule has 0 spiro atoms. The third-order valence-corrected chi connectivity index (χ3v) is 7.29. The fourth-order valence-electron chi connectivity index (χ4n) is 5.71. The molecule has 3 heteroatoms. The van der Waals surface area contributed by atoms with Crippen molar-refractivity contribution in [3.63, 3.8) is 0 Å². The summed E-state index contributed by atoms with van der Waals surface area (Å²) in [7, 11) is 0. The summed E-state index contributed by atoms with van der Waals surface area (Å²) in [4.78, 5) is 5.34. The van der Waals surface area contributed by atoms with Crippen molar-refractivity contribution in [3.05, 3.63) is 127 Å². The molecule has 0 saturated heterocycles. The molecule has 0 aliphatic heterocycles. The van der Waals surface area contributed by atoms with Crippen LogP contribution in [0.2, 0.25) is 0 Å². The molecule has 0 unspecified atom stereocenters. The molecule has 0 amide bonds. The Balaban J connectivity index is 1.63. The first-order valence-corrected chi connectivity index (χ1v) is 12.3. The Hall–Kier alpha value is -4.89. The van der Waals surface area contributed by atoms with Gasteiger partial charge in [0, 0.05) is 21.8 Å². The Morgan fingerprint density at radius 2 is 1.11 bits per heavy atom. The Labute approximate surface area is 207 Å². The molecule has 168 valence electrons. The van der Waals surface area contributed by atoms with Gasteiger partial charge in [0.2, 0.25) is 0 Å². The highest BCUT2D eigenvalue weighted by atomic mass is 15.1. The Morgan fingerprint density at radius 3 is 1.92 bits per heavy atom. The lowest BCUT2D eigenvalue weighted by molar-refractivity contribution is 1.15. The second-order valence-corrected chi connectivity index (χ2v) is 9.27. The van der Waals surface area contributed by atoms with Crippen molar-refractivity contribution >= 4 is 49.4 Å². The van der Waals surface area contributed by atoms with Gasteiger partial charge >= 0.3 is 0 Å². The van der Waals surface area contributed by atoms with Crippen LogP contribution in [0.25, 0.3) is 66.2 Å². The summed E-state index contributed by atoms with van der Waals surface area (Å²) < 4.78 is 4.67. The van der Waals surface area contributed by atoms with Crippen molar-refractivity contribution in [1.82, 2.24) is 14.0 Å². The second kappa shape index (κ2) is 7.30. The van der Waals surface area contributed by atoms with Crippen LogP contribution in [0, 0.1) is 0 Å². The maximum atomic E-state index is 5.34. The molecule has 8 rings (SSSR count). The van der Waals surface area contributed by atoms with Crippen LogP contribution in [0.5, 0.6) is 0 Å². The normalized spacial score (nSPS) is 11.9. The van der Waals surface area contributed by atoms with Gasteiger partial charge in [-0.1, -0.05) is 97.1 Å². The molecule has 0 N–H and O–H groups in total. The van der Waals surface area contributed by atoms with Crippen LogP contribution in [0.1, 0.15) is 0 Å². The lowest BCUT2D eigenvalue weighted by Crippen LogP contribution is -1.94. The maximum Gasteiger partial charge on any atom is 0.165 e. The van der Waals surface area contributed by atoms with E-state index in [1.807, 2.05) is 0 Å². The average Bonchev–Trinajstić information content (AvgIpc) is 3.49. The van der Waals surface area contributed by atoms with Gasteiger partial charge in [-0.2, -0.15) is 0 Å². The lowest BCUT2D eigenvalue weighted by atomic mass is 10.0. The summed E-state index contributed by atoms with van der Waals surface area (Å²) in [5, 5.41) is 4.83. The van der Waals surface area contributed by atoms with E-state index in [-0.39, 0.29) is 0 Å². The van der Waals surface area contributed by atoms with Crippen molar-refractivity contribution in [3.8, 4) is 16.8 Å². The number of imidazole rings is 1. The largest absolute Gasteiger partial charge is 0.293 e. The summed E-state index contributed by atoms with van der Waals surface area (Å²) in [6.07, 6.45) is 0. The third kappa shape index (κ3) is 2.60. The standard InChI is InChI=1S/C33H21N3/c1-3-11-22(12-4-1)23-19-20-30-28(21-23)31-33(35(30)24-13-5-2-6-14-24)34-32-27-17-8-7-15-25(27)26-16-9-10-18-29(26)36(31)32/h1-21H. The molecule has 0 atom stereocenters. The highest BCUT2D eigenvalue weighted by molar-refractivity contribution is 6.17. The van der Waals surface area contributed by atoms with Gasteiger partial charge in [0.05, 0.1) is 11.0 Å². The van der Waals surface area contributed by atoms with Crippen LogP contribution in [0.15, 0.2) is 127 Å². The van der Waals surface area contributed by atoms with Crippen molar-refractivity contribution in [2.24, 2.45) is 0 Å². The zero-order valence-corrected chi connectivity index (χ0v) is 19.5. The third-order valence-electron chi connectivity index (χ3n) is 7.29. The van der Waals surface area contributed by atoms with E-state index in [0.717, 1.165) is 28.0 Å². The summed E-state index contributed by atoms with van der Waals surface area (Å²) in [6.45, 7) is 0. The number of para-hydroxylation sites is 2. The smallest absolute Gasteiger partial charge is 0.165 e. The van der Waals surface area contributed by atoms with Gasteiger partial charge in [0.1, 0.15) is 11.2 Å². The fourth-order valence-corrected chi connectivity index (χ4v) is 5.71.